The van der Waals surface area contributed by atoms with Crippen LogP contribution in [0.4, 0.5) is 15.8 Å². The summed E-state index contributed by atoms with van der Waals surface area (Å²) in [7, 11) is 0. The monoisotopic (exact) mass is 524 g/mol. The van der Waals surface area contributed by atoms with Crippen LogP contribution in [0.25, 0.3) is 22.3 Å². The molecule has 0 aliphatic heterocycles. The number of ether oxygens (including phenoxy) is 2. The number of anilines is 2. The van der Waals surface area contributed by atoms with Gasteiger partial charge in [0.05, 0.1) is 16.5 Å². The number of rotatable bonds is 5. The molecule has 0 saturated carbocycles. The highest BCUT2D eigenvalue weighted by atomic mass is 19.1. The minimum absolute atomic E-state index is 0.00612. The third-order valence-corrected chi connectivity index (χ3v) is 5.92. The average Bonchev–Trinajstić information content (AvgIpc) is 2.91. The van der Waals surface area contributed by atoms with Gasteiger partial charge in [-0.3, -0.25) is 4.79 Å². The molecule has 0 radical (unpaired) electrons. The SMILES string of the molecule is Cc1c(-c2ccc(F)cc2)oc2c(OC(=O)c3cccc(N)c3)cc(OC(=O)c3cccc(N)c3)cc2c1=O. The third kappa shape index (κ3) is 5.19. The van der Waals surface area contributed by atoms with Gasteiger partial charge in [-0.15, -0.1) is 0 Å². The molecule has 0 amide bonds. The number of nitrogens with two attached hydrogens (primary N) is 2. The fraction of sp³-hybridized carbons (Fsp3) is 0.0333. The van der Waals surface area contributed by atoms with Crippen LogP contribution in [0.2, 0.25) is 0 Å². The summed E-state index contributed by atoms with van der Waals surface area (Å²) < 4.78 is 30.7. The highest BCUT2D eigenvalue weighted by Gasteiger charge is 2.21. The predicted molar refractivity (Wildman–Crippen MR) is 144 cm³/mol. The molecule has 5 rings (SSSR count). The van der Waals surface area contributed by atoms with E-state index in [1.54, 1.807) is 31.2 Å². The van der Waals surface area contributed by atoms with Crippen molar-refractivity contribution in [1.29, 1.82) is 0 Å². The van der Waals surface area contributed by atoms with Crippen molar-refractivity contribution in [2.75, 3.05) is 11.5 Å². The summed E-state index contributed by atoms with van der Waals surface area (Å²) in [5.41, 5.74) is 12.8. The zero-order valence-corrected chi connectivity index (χ0v) is 20.6. The Morgan fingerprint density at radius 1 is 0.795 bits per heavy atom. The minimum Gasteiger partial charge on any atom is -0.452 e. The summed E-state index contributed by atoms with van der Waals surface area (Å²) in [6, 6.07) is 20.3. The van der Waals surface area contributed by atoms with Crippen molar-refractivity contribution in [2.24, 2.45) is 0 Å². The van der Waals surface area contributed by atoms with Crippen molar-refractivity contribution < 1.29 is 27.9 Å². The Balaban J connectivity index is 1.65. The van der Waals surface area contributed by atoms with Crippen LogP contribution in [0.1, 0.15) is 26.3 Å². The number of esters is 2. The largest absolute Gasteiger partial charge is 0.452 e. The minimum atomic E-state index is -0.783. The highest BCUT2D eigenvalue weighted by molar-refractivity contribution is 5.96. The van der Waals surface area contributed by atoms with Crippen LogP contribution in [0.5, 0.6) is 11.5 Å². The van der Waals surface area contributed by atoms with Crippen molar-refractivity contribution in [3.63, 3.8) is 0 Å². The topological polar surface area (TPSA) is 135 Å². The average molecular weight is 525 g/mol. The molecular weight excluding hydrogens is 503 g/mol. The lowest BCUT2D eigenvalue weighted by atomic mass is 10.1. The molecule has 0 fully saturated rings. The number of hydrogen-bond donors (Lipinski definition) is 2. The van der Waals surface area contributed by atoms with Gasteiger partial charge in [0.25, 0.3) is 0 Å². The first-order valence-electron chi connectivity index (χ1n) is 11.7. The summed E-state index contributed by atoms with van der Waals surface area (Å²) in [6.07, 6.45) is 0. The smallest absolute Gasteiger partial charge is 0.343 e. The summed E-state index contributed by atoms with van der Waals surface area (Å²) in [5.74, 6) is -2.04. The number of benzene rings is 4. The molecule has 0 aliphatic carbocycles. The Labute approximate surface area is 221 Å². The number of halogens is 1. The van der Waals surface area contributed by atoms with Crippen LogP contribution < -0.4 is 26.4 Å². The Hall–Kier alpha value is -5.44. The molecule has 0 bridgehead atoms. The summed E-state index contributed by atoms with van der Waals surface area (Å²) in [5, 5.41) is 0.00612. The molecule has 1 heterocycles. The second kappa shape index (κ2) is 10.1. The van der Waals surface area contributed by atoms with Crippen molar-refractivity contribution in [3.8, 4) is 22.8 Å². The van der Waals surface area contributed by atoms with Gasteiger partial charge in [0.1, 0.15) is 17.3 Å². The molecule has 39 heavy (non-hydrogen) atoms. The van der Waals surface area contributed by atoms with E-state index in [9.17, 15) is 18.8 Å². The van der Waals surface area contributed by atoms with Crippen molar-refractivity contribution in [2.45, 2.75) is 6.92 Å². The molecule has 4 aromatic carbocycles. The number of carbonyl (C=O) groups excluding carboxylic acids is 2. The molecule has 0 aliphatic rings. The fourth-order valence-electron chi connectivity index (χ4n) is 4.00. The van der Waals surface area contributed by atoms with Gasteiger partial charge in [-0.2, -0.15) is 0 Å². The maximum absolute atomic E-state index is 13.5. The number of fused-ring (bicyclic) bond motifs is 1. The fourth-order valence-corrected chi connectivity index (χ4v) is 4.00. The van der Waals surface area contributed by atoms with E-state index in [2.05, 4.69) is 0 Å². The van der Waals surface area contributed by atoms with E-state index in [0.717, 1.165) is 0 Å². The van der Waals surface area contributed by atoms with Crippen molar-refractivity contribution in [1.82, 2.24) is 0 Å². The van der Waals surface area contributed by atoms with Gasteiger partial charge in [0.2, 0.25) is 0 Å². The lowest BCUT2D eigenvalue weighted by Crippen LogP contribution is -2.13. The molecule has 0 atom stereocenters. The van der Waals surface area contributed by atoms with Gasteiger partial charge in [0.15, 0.2) is 16.8 Å². The van der Waals surface area contributed by atoms with Crippen LogP contribution in [0, 0.1) is 12.7 Å². The van der Waals surface area contributed by atoms with Crippen LogP contribution in [-0.4, -0.2) is 11.9 Å². The number of hydrogen-bond acceptors (Lipinski definition) is 8. The maximum atomic E-state index is 13.5. The van der Waals surface area contributed by atoms with Crippen LogP contribution in [0.15, 0.2) is 94.1 Å². The van der Waals surface area contributed by atoms with Gasteiger partial charge in [-0.05, 0) is 73.7 Å². The quantitative estimate of drug-likeness (QED) is 0.175. The molecular formula is C30H21FN2O6. The first-order chi connectivity index (χ1) is 18.7. The van der Waals surface area contributed by atoms with Gasteiger partial charge in [0, 0.05) is 28.6 Å². The Morgan fingerprint density at radius 3 is 1.97 bits per heavy atom. The molecule has 0 saturated heterocycles. The first-order valence-corrected chi connectivity index (χ1v) is 11.7. The van der Waals surface area contributed by atoms with E-state index in [1.165, 1.54) is 60.7 Å². The zero-order chi connectivity index (χ0) is 27.7. The standard InChI is InChI=1S/C30H21FN2O6/c1-16-26(34)24-14-23(37-29(35)18-4-2-6-21(32)12-18)15-25(38-30(36)19-5-3-7-22(33)13-19)28(24)39-27(16)17-8-10-20(31)11-9-17/h2-15H,32-33H2,1H3. The molecule has 194 valence electrons. The van der Waals surface area contributed by atoms with Gasteiger partial charge in [-0.1, -0.05) is 12.1 Å². The van der Waals surface area contributed by atoms with Crippen LogP contribution in [0.3, 0.4) is 0 Å². The summed E-state index contributed by atoms with van der Waals surface area (Å²) >= 11 is 0. The van der Waals surface area contributed by atoms with E-state index in [1.807, 2.05) is 0 Å². The van der Waals surface area contributed by atoms with E-state index in [0.29, 0.717) is 16.9 Å². The van der Waals surface area contributed by atoms with Crippen LogP contribution in [-0.2, 0) is 0 Å². The molecule has 8 nitrogen and oxygen atoms in total. The summed E-state index contributed by atoms with van der Waals surface area (Å²) in [4.78, 5) is 39.2. The van der Waals surface area contributed by atoms with Crippen LogP contribution >= 0.6 is 0 Å². The van der Waals surface area contributed by atoms with E-state index in [4.69, 9.17) is 25.4 Å². The molecule has 0 spiro atoms. The van der Waals surface area contributed by atoms with E-state index < -0.39 is 23.2 Å². The second-order valence-electron chi connectivity index (χ2n) is 8.72. The first kappa shape index (κ1) is 25.2. The molecule has 4 N–H and O–H groups in total. The maximum Gasteiger partial charge on any atom is 0.343 e. The molecule has 1 aromatic heterocycles. The lowest BCUT2D eigenvalue weighted by Gasteiger charge is -2.13. The Morgan fingerprint density at radius 2 is 1.38 bits per heavy atom. The van der Waals surface area contributed by atoms with Gasteiger partial charge >= 0.3 is 11.9 Å². The van der Waals surface area contributed by atoms with E-state index in [-0.39, 0.29) is 44.9 Å². The number of carbonyl (C=O) groups is 2. The van der Waals surface area contributed by atoms with Crippen molar-refractivity contribution >= 4 is 34.3 Å². The zero-order valence-electron chi connectivity index (χ0n) is 20.6. The molecule has 5 aromatic rings. The lowest BCUT2D eigenvalue weighted by molar-refractivity contribution is 0.0733. The normalized spacial score (nSPS) is 10.8. The highest BCUT2D eigenvalue weighted by Crippen LogP contribution is 2.35. The van der Waals surface area contributed by atoms with Gasteiger partial charge in [-0.25, -0.2) is 14.0 Å². The predicted octanol–water partition coefficient (Wildman–Crippen LogP) is 5.51. The third-order valence-electron chi connectivity index (χ3n) is 5.92. The molecule has 0 unspecified atom stereocenters. The second-order valence-corrected chi connectivity index (χ2v) is 8.72. The Kier molecular flexibility index (Phi) is 6.56. The Bertz CT molecular complexity index is 1810. The van der Waals surface area contributed by atoms with Crippen molar-refractivity contribution in [3.05, 3.63) is 118 Å². The van der Waals surface area contributed by atoms with E-state index >= 15 is 0 Å². The number of nitrogen functional groups attached to an aromatic ring is 2. The van der Waals surface area contributed by atoms with Gasteiger partial charge < -0.3 is 25.4 Å². The summed E-state index contributed by atoms with van der Waals surface area (Å²) in [6.45, 7) is 1.55. The molecule has 9 heteroatoms.